The van der Waals surface area contributed by atoms with E-state index in [9.17, 15) is 22.8 Å². The minimum atomic E-state index is -4.88. The highest BCUT2D eigenvalue weighted by atomic mass is 19.4. The maximum absolute atomic E-state index is 12.1. The van der Waals surface area contributed by atoms with Crippen molar-refractivity contribution in [3.63, 3.8) is 0 Å². The number of ketones is 1. The molecule has 0 aliphatic carbocycles. The number of ether oxygens (including phenoxy) is 1. The Kier molecular flexibility index (Phi) is 7.14. The van der Waals surface area contributed by atoms with Crippen molar-refractivity contribution in [2.24, 2.45) is 5.10 Å². The van der Waals surface area contributed by atoms with E-state index in [2.05, 4.69) is 15.4 Å². The third-order valence-corrected chi connectivity index (χ3v) is 3.25. The highest BCUT2D eigenvalue weighted by Crippen LogP contribution is 2.17. The van der Waals surface area contributed by atoms with Gasteiger partial charge in [-0.3, -0.25) is 14.5 Å². The summed E-state index contributed by atoms with van der Waals surface area (Å²) in [6.07, 6.45) is -5.39. The van der Waals surface area contributed by atoms with Gasteiger partial charge in [0.1, 0.15) is 0 Å². The minimum Gasteiger partial charge on any atom is -0.373 e. The van der Waals surface area contributed by atoms with Gasteiger partial charge in [0, 0.05) is 31.8 Å². The number of carbonyl (C=O) groups is 2. The van der Waals surface area contributed by atoms with E-state index >= 15 is 0 Å². The molecule has 0 bridgehead atoms. The summed E-state index contributed by atoms with van der Waals surface area (Å²) in [6.45, 7) is 7.12. The number of carbonyl (C=O) groups excluding carboxylic acids is 2. The van der Waals surface area contributed by atoms with Crippen LogP contribution in [0.5, 0.6) is 0 Å². The number of rotatable bonds is 6. The first kappa shape index (κ1) is 19.6. The van der Waals surface area contributed by atoms with E-state index in [1.807, 2.05) is 13.8 Å². The Morgan fingerprint density at radius 2 is 1.83 bits per heavy atom. The smallest absolute Gasteiger partial charge is 0.373 e. The van der Waals surface area contributed by atoms with E-state index < -0.39 is 24.3 Å². The molecule has 1 amide bonds. The molecule has 0 saturated carbocycles. The van der Waals surface area contributed by atoms with E-state index in [4.69, 9.17) is 4.74 Å². The second kappa shape index (κ2) is 8.39. The third kappa shape index (κ3) is 7.56. The maximum Gasteiger partial charge on any atom is 0.450 e. The first-order valence-electron chi connectivity index (χ1n) is 7.37. The number of amides is 1. The van der Waals surface area contributed by atoms with Crippen LogP contribution in [0.3, 0.4) is 0 Å². The number of nitrogens with one attached hydrogen (secondary N) is 1. The number of hydrazone groups is 1. The molecular formula is C14H22F3N3O3. The monoisotopic (exact) mass is 337 g/mol. The molecule has 132 valence electrons. The Morgan fingerprint density at radius 3 is 2.35 bits per heavy atom. The third-order valence-electron chi connectivity index (χ3n) is 3.25. The largest absolute Gasteiger partial charge is 0.450 e. The molecule has 1 fully saturated rings. The van der Waals surface area contributed by atoms with Crippen molar-refractivity contribution in [2.75, 3.05) is 19.6 Å². The summed E-state index contributed by atoms with van der Waals surface area (Å²) in [5.74, 6) is -2.29. The van der Waals surface area contributed by atoms with Gasteiger partial charge in [0.25, 0.3) is 0 Å². The first-order chi connectivity index (χ1) is 10.6. The zero-order chi connectivity index (χ0) is 17.6. The molecule has 1 N–H and O–H groups in total. The van der Waals surface area contributed by atoms with Crippen LogP contribution in [0.4, 0.5) is 13.2 Å². The molecule has 1 saturated heterocycles. The predicted molar refractivity (Wildman–Crippen MR) is 78.0 cm³/mol. The minimum absolute atomic E-state index is 0.0886. The quantitative estimate of drug-likeness (QED) is 0.589. The second-order valence-electron chi connectivity index (χ2n) is 5.75. The molecule has 0 aromatic carbocycles. The van der Waals surface area contributed by atoms with Gasteiger partial charge in [0.05, 0.1) is 18.6 Å². The zero-order valence-corrected chi connectivity index (χ0v) is 13.4. The molecule has 2 unspecified atom stereocenters. The van der Waals surface area contributed by atoms with Crippen LogP contribution in [0, 0.1) is 0 Å². The molecule has 0 aromatic rings. The fourth-order valence-corrected chi connectivity index (χ4v) is 2.31. The van der Waals surface area contributed by atoms with Gasteiger partial charge in [0.15, 0.2) is 0 Å². The van der Waals surface area contributed by atoms with Crippen molar-refractivity contribution < 1.29 is 27.5 Å². The van der Waals surface area contributed by atoms with Crippen LogP contribution >= 0.6 is 0 Å². The molecular weight excluding hydrogens is 315 g/mol. The van der Waals surface area contributed by atoms with Gasteiger partial charge >= 0.3 is 6.18 Å². The fraction of sp³-hybridized carbons (Fsp3) is 0.786. The van der Waals surface area contributed by atoms with Gasteiger partial charge in [-0.05, 0) is 20.8 Å². The van der Waals surface area contributed by atoms with Crippen LogP contribution in [0.15, 0.2) is 5.10 Å². The molecule has 9 heteroatoms. The molecule has 1 aliphatic rings. The SMILES string of the molecule is CC(CC(=O)C(F)(F)F)=NNC(=O)CCN1CC(C)OC(C)C1. The number of Topliss-reactive ketones (excluding diaryl/α,β-unsaturated/α-hetero) is 1. The van der Waals surface area contributed by atoms with Gasteiger partial charge in [-0.2, -0.15) is 18.3 Å². The molecule has 1 heterocycles. The van der Waals surface area contributed by atoms with Crippen LogP contribution in [-0.4, -0.2) is 60.3 Å². The Balaban J connectivity index is 2.33. The van der Waals surface area contributed by atoms with Crippen molar-refractivity contribution in [2.45, 2.75) is 52.0 Å². The number of alkyl halides is 3. The molecule has 0 radical (unpaired) electrons. The van der Waals surface area contributed by atoms with E-state index in [0.29, 0.717) is 6.54 Å². The summed E-state index contributed by atoms with van der Waals surface area (Å²) in [4.78, 5) is 24.5. The topological polar surface area (TPSA) is 71.0 Å². The van der Waals surface area contributed by atoms with Crippen molar-refractivity contribution >= 4 is 17.4 Å². The predicted octanol–water partition coefficient (Wildman–Crippen LogP) is 1.50. The van der Waals surface area contributed by atoms with Gasteiger partial charge in [-0.15, -0.1) is 0 Å². The summed E-state index contributed by atoms with van der Waals surface area (Å²) in [6, 6.07) is 0. The van der Waals surface area contributed by atoms with Crippen LogP contribution in [0.1, 0.15) is 33.6 Å². The molecule has 6 nitrogen and oxygen atoms in total. The van der Waals surface area contributed by atoms with Gasteiger partial charge in [-0.1, -0.05) is 0 Å². The molecule has 0 spiro atoms. The van der Waals surface area contributed by atoms with Crippen molar-refractivity contribution in [1.82, 2.24) is 10.3 Å². The summed E-state index contributed by atoms with van der Waals surface area (Å²) in [7, 11) is 0. The first-order valence-corrected chi connectivity index (χ1v) is 7.37. The van der Waals surface area contributed by atoms with Crippen molar-refractivity contribution in [1.29, 1.82) is 0 Å². The van der Waals surface area contributed by atoms with Gasteiger partial charge in [-0.25, -0.2) is 5.43 Å². The Labute approximate surface area is 133 Å². The summed E-state index contributed by atoms with van der Waals surface area (Å²) >= 11 is 0. The average molecular weight is 337 g/mol. The summed E-state index contributed by atoms with van der Waals surface area (Å²) in [5, 5.41) is 3.52. The second-order valence-corrected chi connectivity index (χ2v) is 5.75. The number of hydrogen-bond donors (Lipinski definition) is 1. The Morgan fingerprint density at radius 1 is 1.26 bits per heavy atom. The lowest BCUT2D eigenvalue weighted by atomic mass is 10.2. The molecule has 1 rings (SSSR count). The van der Waals surface area contributed by atoms with Gasteiger partial charge < -0.3 is 4.74 Å². The summed E-state index contributed by atoms with van der Waals surface area (Å²) < 4.78 is 41.9. The van der Waals surface area contributed by atoms with Crippen molar-refractivity contribution in [3.8, 4) is 0 Å². The number of halogens is 3. The lowest BCUT2D eigenvalue weighted by Crippen LogP contribution is -2.46. The Bertz CT molecular complexity index is 456. The lowest BCUT2D eigenvalue weighted by molar-refractivity contribution is -0.169. The van der Waals surface area contributed by atoms with E-state index in [-0.39, 0.29) is 24.3 Å². The maximum atomic E-state index is 12.1. The molecule has 2 atom stereocenters. The average Bonchev–Trinajstić information content (AvgIpc) is 2.40. The molecule has 0 aromatic heterocycles. The highest BCUT2D eigenvalue weighted by molar-refractivity contribution is 6.03. The van der Waals surface area contributed by atoms with Crippen LogP contribution < -0.4 is 5.43 Å². The highest BCUT2D eigenvalue weighted by Gasteiger charge is 2.38. The zero-order valence-electron chi connectivity index (χ0n) is 13.4. The van der Waals surface area contributed by atoms with Crippen LogP contribution in [0.25, 0.3) is 0 Å². The van der Waals surface area contributed by atoms with E-state index in [1.54, 1.807) is 0 Å². The van der Waals surface area contributed by atoms with Gasteiger partial charge in [0.2, 0.25) is 11.7 Å². The fourth-order valence-electron chi connectivity index (χ4n) is 2.31. The molecule has 23 heavy (non-hydrogen) atoms. The number of nitrogens with zero attached hydrogens (tertiary/aromatic N) is 2. The summed E-state index contributed by atoms with van der Waals surface area (Å²) in [5.41, 5.74) is 2.08. The normalized spacial score (nSPS) is 23.7. The lowest BCUT2D eigenvalue weighted by Gasteiger charge is -2.35. The van der Waals surface area contributed by atoms with E-state index in [1.165, 1.54) is 6.92 Å². The number of hydrogen-bond acceptors (Lipinski definition) is 5. The standard InChI is InChI=1S/C14H22F3N3O3/c1-9(6-12(21)14(15,16)17)18-19-13(22)4-5-20-7-10(2)23-11(3)8-20/h10-11H,4-8H2,1-3H3,(H,19,22). The Hall–Kier alpha value is -1.48. The van der Waals surface area contributed by atoms with Crippen LogP contribution in [-0.2, 0) is 14.3 Å². The number of morpholine rings is 1. The molecule has 1 aliphatic heterocycles. The van der Waals surface area contributed by atoms with Crippen LogP contribution in [0.2, 0.25) is 0 Å². The van der Waals surface area contributed by atoms with E-state index in [0.717, 1.165) is 13.1 Å². The van der Waals surface area contributed by atoms with Crippen molar-refractivity contribution in [3.05, 3.63) is 0 Å².